The van der Waals surface area contributed by atoms with E-state index >= 15 is 0 Å². The van der Waals surface area contributed by atoms with E-state index < -0.39 is 0 Å². The summed E-state index contributed by atoms with van der Waals surface area (Å²) in [5.41, 5.74) is 2.19. The molecule has 0 bridgehead atoms. The van der Waals surface area contributed by atoms with Crippen molar-refractivity contribution in [2.45, 2.75) is 26.8 Å². The molecule has 4 nitrogen and oxygen atoms in total. The molecule has 0 amide bonds. The zero-order valence-corrected chi connectivity index (χ0v) is 10.6. The van der Waals surface area contributed by atoms with Crippen LogP contribution in [0.1, 0.15) is 23.6 Å². The van der Waals surface area contributed by atoms with Crippen LogP contribution in [0.5, 0.6) is 0 Å². The Hall–Kier alpha value is -2.10. The number of hydrogen-bond acceptors (Lipinski definition) is 2. The number of nitrogens with one attached hydrogen (secondary N) is 1. The van der Waals surface area contributed by atoms with Crippen LogP contribution in [0.15, 0.2) is 40.1 Å². The van der Waals surface area contributed by atoms with Gasteiger partial charge < -0.3 is 0 Å². The van der Waals surface area contributed by atoms with Crippen LogP contribution in [0, 0.1) is 6.92 Å². The summed E-state index contributed by atoms with van der Waals surface area (Å²) in [6.07, 6.45) is 2.26. The van der Waals surface area contributed by atoms with E-state index in [1.165, 1.54) is 0 Å². The number of aromatic nitrogens is 2. The molecular formula is C14H16N2O2. The van der Waals surface area contributed by atoms with E-state index in [0.717, 1.165) is 11.1 Å². The fourth-order valence-electron chi connectivity index (χ4n) is 1.89. The molecule has 0 fully saturated rings. The molecule has 2 aromatic rings. The van der Waals surface area contributed by atoms with E-state index in [2.05, 4.69) is 4.98 Å². The minimum atomic E-state index is -0.361. The lowest BCUT2D eigenvalue weighted by atomic mass is 10.1. The van der Waals surface area contributed by atoms with Crippen molar-refractivity contribution in [1.29, 1.82) is 0 Å². The van der Waals surface area contributed by atoms with E-state index in [1.807, 2.05) is 38.1 Å². The fourth-order valence-corrected chi connectivity index (χ4v) is 1.89. The van der Waals surface area contributed by atoms with Gasteiger partial charge >= 0.3 is 5.69 Å². The van der Waals surface area contributed by atoms with Crippen molar-refractivity contribution in [3.63, 3.8) is 0 Å². The summed E-state index contributed by atoms with van der Waals surface area (Å²) in [6.45, 7) is 4.38. The predicted octanol–water partition coefficient (Wildman–Crippen LogP) is 1.46. The first kappa shape index (κ1) is 12.4. The van der Waals surface area contributed by atoms with Crippen molar-refractivity contribution >= 4 is 0 Å². The number of hydrogen-bond donors (Lipinski definition) is 1. The highest BCUT2D eigenvalue weighted by atomic mass is 16.2. The van der Waals surface area contributed by atoms with Gasteiger partial charge in [-0.1, -0.05) is 31.2 Å². The average Bonchev–Trinajstić information content (AvgIpc) is 2.35. The maximum atomic E-state index is 11.7. The highest BCUT2D eigenvalue weighted by Crippen LogP contribution is 2.07. The van der Waals surface area contributed by atoms with Gasteiger partial charge in [0.05, 0.1) is 6.54 Å². The summed E-state index contributed by atoms with van der Waals surface area (Å²) in [6, 6.07) is 7.90. The quantitative estimate of drug-likeness (QED) is 0.888. The Bertz CT molecular complexity index is 668. The van der Waals surface area contributed by atoms with E-state index in [-0.39, 0.29) is 11.2 Å². The minimum absolute atomic E-state index is 0.288. The van der Waals surface area contributed by atoms with Gasteiger partial charge in [0.15, 0.2) is 0 Å². The van der Waals surface area contributed by atoms with Gasteiger partial charge in [0.1, 0.15) is 0 Å². The SMILES string of the molecule is CCc1cn(Cc2ccccc2C)c(=O)[nH]c1=O. The number of benzene rings is 1. The molecule has 0 radical (unpaired) electrons. The second kappa shape index (κ2) is 5.04. The predicted molar refractivity (Wildman–Crippen MR) is 71.0 cm³/mol. The van der Waals surface area contributed by atoms with Crippen molar-refractivity contribution in [1.82, 2.24) is 9.55 Å². The largest absolute Gasteiger partial charge is 0.328 e. The molecular weight excluding hydrogens is 228 g/mol. The Balaban J connectivity index is 2.44. The van der Waals surface area contributed by atoms with E-state index in [9.17, 15) is 9.59 Å². The van der Waals surface area contributed by atoms with Crippen molar-refractivity contribution in [3.8, 4) is 0 Å². The van der Waals surface area contributed by atoms with Crippen LogP contribution in [-0.4, -0.2) is 9.55 Å². The molecule has 94 valence electrons. The molecule has 0 unspecified atom stereocenters. The maximum Gasteiger partial charge on any atom is 0.328 e. The standard InChI is InChI=1S/C14H16N2O2/c1-3-11-8-16(14(18)15-13(11)17)9-12-7-5-4-6-10(12)2/h4-8H,3,9H2,1-2H3,(H,15,17,18). The molecule has 1 aromatic carbocycles. The van der Waals surface area contributed by atoms with Crippen molar-refractivity contribution < 1.29 is 0 Å². The monoisotopic (exact) mass is 244 g/mol. The molecule has 1 heterocycles. The summed E-state index contributed by atoms with van der Waals surface area (Å²) < 4.78 is 1.54. The van der Waals surface area contributed by atoms with E-state index in [1.54, 1.807) is 10.8 Å². The van der Waals surface area contributed by atoms with Gasteiger partial charge in [0.25, 0.3) is 5.56 Å². The summed E-state index contributed by atoms with van der Waals surface area (Å²) >= 11 is 0. The van der Waals surface area contributed by atoms with Gasteiger partial charge in [-0.2, -0.15) is 0 Å². The van der Waals surface area contributed by atoms with Crippen LogP contribution in [-0.2, 0) is 13.0 Å². The van der Waals surface area contributed by atoms with Gasteiger partial charge in [-0.15, -0.1) is 0 Å². The molecule has 1 aromatic heterocycles. The molecule has 0 aliphatic rings. The summed E-state index contributed by atoms with van der Waals surface area (Å²) in [5, 5.41) is 0. The van der Waals surface area contributed by atoms with Crippen molar-refractivity contribution in [3.05, 3.63) is 68.0 Å². The Morgan fingerprint density at radius 3 is 2.56 bits per heavy atom. The van der Waals surface area contributed by atoms with Gasteiger partial charge in [0.2, 0.25) is 0 Å². The molecule has 1 N–H and O–H groups in total. The smallest absolute Gasteiger partial charge is 0.296 e. The first-order chi connectivity index (χ1) is 8.61. The Morgan fingerprint density at radius 1 is 1.17 bits per heavy atom. The minimum Gasteiger partial charge on any atom is -0.296 e. The first-order valence-electron chi connectivity index (χ1n) is 5.99. The van der Waals surface area contributed by atoms with Crippen molar-refractivity contribution in [2.24, 2.45) is 0 Å². The maximum absolute atomic E-state index is 11.7. The Morgan fingerprint density at radius 2 is 1.89 bits per heavy atom. The van der Waals surface area contributed by atoms with Gasteiger partial charge in [-0.25, -0.2) is 4.79 Å². The first-order valence-corrected chi connectivity index (χ1v) is 5.99. The highest BCUT2D eigenvalue weighted by molar-refractivity contribution is 5.25. The average molecular weight is 244 g/mol. The number of aromatic amines is 1. The Kier molecular flexibility index (Phi) is 3.46. The topological polar surface area (TPSA) is 54.9 Å². The number of nitrogens with zero attached hydrogens (tertiary/aromatic N) is 1. The normalized spacial score (nSPS) is 10.6. The number of aryl methyl sites for hydroxylation is 2. The summed E-state index contributed by atoms with van der Waals surface area (Å²) in [7, 11) is 0. The molecule has 0 saturated heterocycles. The Labute approximate surface area is 105 Å². The van der Waals surface area contributed by atoms with E-state index in [4.69, 9.17) is 0 Å². The van der Waals surface area contributed by atoms with Crippen LogP contribution in [0.2, 0.25) is 0 Å². The van der Waals surface area contributed by atoms with Crippen LogP contribution in [0.4, 0.5) is 0 Å². The van der Waals surface area contributed by atoms with Gasteiger partial charge in [-0.3, -0.25) is 14.3 Å². The van der Waals surface area contributed by atoms with Crippen LogP contribution < -0.4 is 11.2 Å². The van der Waals surface area contributed by atoms with Crippen LogP contribution in [0.3, 0.4) is 0 Å². The number of H-pyrrole nitrogens is 1. The van der Waals surface area contributed by atoms with Crippen LogP contribution in [0.25, 0.3) is 0 Å². The zero-order valence-electron chi connectivity index (χ0n) is 10.6. The summed E-state index contributed by atoms with van der Waals surface area (Å²) in [5.74, 6) is 0. The fraction of sp³-hybridized carbons (Fsp3) is 0.286. The van der Waals surface area contributed by atoms with Gasteiger partial charge in [-0.05, 0) is 24.5 Å². The molecule has 0 aliphatic carbocycles. The lowest BCUT2D eigenvalue weighted by Gasteiger charge is -2.09. The second-order valence-corrected chi connectivity index (χ2v) is 4.32. The lowest BCUT2D eigenvalue weighted by Crippen LogP contribution is -2.32. The van der Waals surface area contributed by atoms with Gasteiger partial charge in [0, 0.05) is 11.8 Å². The molecule has 0 spiro atoms. The van der Waals surface area contributed by atoms with E-state index in [0.29, 0.717) is 18.5 Å². The second-order valence-electron chi connectivity index (χ2n) is 4.32. The third-order valence-electron chi connectivity index (χ3n) is 3.07. The highest BCUT2D eigenvalue weighted by Gasteiger charge is 2.04. The summed E-state index contributed by atoms with van der Waals surface area (Å²) in [4.78, 5) is 25.6. The molecule has 4 heteroatoms. The lowest BCUT2D eigenvalue weighted by molar-refractivity contribution is 0.705. The molecule has 0 saturated carbocycles. The molecule has 2 rings (SSSR count). The molecule has 0 aliphatic heterocycles. The third-order valence-corrected chi connectivity index (χ3v) is 3.07. The van der Waals surface area contributed by atoms with Crippen molar-refractivity contribution in [2.75, 3.05) is 0 Å². The molecule has 0 atom stereocenters. The third kappa shape index (κ3) is 2.42. The molecule has 18 heavy (non-hydrogen) atoms. The number of rotatable bonds is 3. The zero-order chi connectivity index (χ0) is 13.1. The van der Waals surface area contributed by atoms with Crippen LogP contribution >= 0.6 is 0 Å².